The zero-order chi connectivity index (χ0) is 11.7. The molecule has 0 aliphatic rings. The molecule has 17 heavy (non-hydrogen) atoms. The average Bonchev–Trinajstić information content (AvgIpc) is 2.57. The van der Waals surface area contributed by atoms with Crippen LogP contribution in [0.4, 0.5) is 0 Å². The van der Waals surface area contributed by atoms with Crippen molar-refractivity contribution in [1.29, 1.82) is 0 Å². The number of hydrogen-bond donors (Lipinski definition) is 0. The van der Waals surface area contributed by atoms with E-state index in [0.717, 1.165) is 22.4 Å². The summed E-state index contributed by atoms with van der Waals surface area (Å²) in [6.45, 7) is 9.00. The van der Waals surface area contributed by atoms with E-state index in [2.05, 4.69) is 58.0 Å². The summed E-state index contributed by atoms with van der Waals surface area (Å²) in [6.07, 6.45) is 0. The second kappa shape index (κ2) is 5.69. The normalized spacial score (nSPS) is 10.6. The van der Waals surface area contributed by atoms with Crippen LogP contribution >= 0.6 is 15.9 Å². The van der Waals surface area contributed by atoms with Crippen molar-refractivity contribution in [2.75, 3.05) is 0 Å². The van der Waals surface area contributed by atoms with Crippen LogP contribution in [0.5, 0.6) is 0 Å². The number of rotatable bonds is 3. The van der Waals surface area contributed by atoms with Crippen molar-refractivity contribution in [3.8, 4) is 0 Å². The number of aromatic nitrogens is 2. The van der Waals surface area contributed by atoms with E-state index in [1.807, 2.05) is 12.1 Å². The largest absolute Gasteiger partial charge is 1.00 e. The highest BCUT2D eigenvalue weighted by Crippen LogP contribution is 2.23. The van der Waals surface area contributed by atoms with Gasteiger partial charge in [-0.1, -0.05) is 48.5 Å². The maximum atomic E-state index is 4.67. The first-order valence-electron chi connectivity index (χ1n) is 5.38. The van der Waals surface area contributed by atoms with Gasteiger partial charge in [0.25, 0.3) is 0 Å². The van der Waals surface area contributed by atoms with Crippen LogP contribution in [0, 0.1) is 0 Å². The summed E-state index contributed by atoms with van der Waals surface area (Å²) in [5.41, 5.74) is 2.23. The molecule has 0 aliphatic carbocycles. The summed E-state index contributed by atoms with van der Waals surface area (Å²) in [5.74, 6) is 1.53. The highest BCUT2D eigenvalue weighted by molar-refractivity contribution is 9.11. The van der Waals surface area contributed by atoms with Gasteiger partial charge in [0.15, 0.2) is 0 Å². The predicted octanol–water partition coefficient (Wildman–Crippen LogP) is 1.07. The van der Waals surface area contributed by atoms with Crippen molar-refractivity contribution in [3.05, 3.63) is 41.2 Å². The van der Waals surface area contributed by atoms with E-state index >= 15 is 0 Å². The Balaban J connectivity index is 0.00000144. The summed E-state index contributed by atoms with van der Waals surface area (Å²) in [7, 11) is 0. The average molecular weight is 315 g/mol. The third-order valence-electron chi connectivity index (χ3n) is 2.53. The molecule has 0 spiro atoms. The molecule has 0 fully saturated rings. The Bertz CT molecular complexity index is 531. The zero-order valence-electron chi connectivity index (χ0n) is 9.95. The van der Waals surface area contributed by atoms with E-state index < -0.39 is 0 Å². The summed E-state index contributed by atoms with van der Waals surface area (Å²) in [5, 5.41) is 0. The van der Waals surface area contributed by atoms with Gasteiger partial charge >= 0.3 is 0 Å². The van der Waals surface area contributed by atoms with Crippen molar-refractivity contribution in [2.45, 2.75) is 26.3 Å². The molecule has 0 N–H and O–H groups in total. The van der Waals surface area contributed by atoms with Crippen LogP contribution in [-0.2, 0) is 6.54 Å². The van der Waals surface area contributed by atoms with Gasteiger partial charge in [0, 0.05) is 10.4 Å². The molecule has 0 radical (unpaired) electrons. The number of hydrogen-bond acceptors (Lipinski definition) is 1. The lowest BCUT2D eigenvalue weighted by Crippen LogP contribution is -3.00. The van der Waals surface area contributed by atoms with Crippen molar-refractivity contribution < 1.29 is 12.4 Å². The van der Waals surface area contributed by atoms with Crippen molar-refractivity contribution in [2.24, 2.45) is 0 Å². The van der Waals surface area contributed by atoms with E-state index in [1.54, 1.807) is 0 Å². The maximum absolute atomic E-state index is 4.67. The lowest BCUT2D eigenvalue weighted by Gasteiger charge is -2.10. The third-order valence-corrected chi connectivity index (χ3v) is 2.78. The highest BCUT2D eigenvalue weighted by Gasteiger charge is 2.12. The third kappa shape index (κ3) is 2.90. The molecule has 1 aromatic heterocycles. The summed E-state index contributed by atoms with van der Waals surface area (Å²) < 4.78 is 3.19. The predicted molar refractivity (Wildman–Crippen MR) is 71.9 cm³/mol. The summed E-state index contributed by atoms with van der Waals surface area (Å²) in [4.78, 5) is 4.67. The molecule has 0 saturated heterocycles. The van der Waals surface area contributed by atoms with Crippen molar-refractivity contribution >= 4 is 27.0 Å². The SMILES string of the molecule is C=C(Br)Cn1c(C(C)C)nc2ccccc21.[Cl-]. The number of allylic oxidation sites excluding steroid dienone is 1. The maximum Gasteiger partial charge on any atom is 0.112 e. The molecule has 4 heteroatoms. The van der Waals surface area contributed by atoms with Crippen LogP contribution in [-0.4, -0.2) is 9.55 Å². The second-order valence-corrected chi connectivity index (χ2v) is 5.34. The Morgan fingerprint density at radius 1 is 1.41 bits per heavy atom. The Morgan fingerprint density at radius 3 is 2.65 bits per heavy atom. The van der Waals surface area contributed by atoms with Gasteiger partial charge in [-0.05, 0) is 12.1 Å². The number of benzene rings is 1. The minimum Gasteiger partial charge on any atom is -1.00 e. The molecule has 0 bridgehead atoms. The van der Waals surface area contributed by atoms with E-state index in [1.165, 1.54) is 5.52 Å². The molecule has 0 aliphatic heterocycles. The second-order valence-electron chi connectivity index (χ2n) is 4.22. The van der Waals surface area contributed by atoms with Gasteiger partial charge < -0.3 is 17.0 Å². The molecule has 92 valence electrons. The topological polar surface area (TPSA) is 17.8 Å². The number of imidazole rings is 1. The van der Waals surface area contributed by atoms with Crippen LogP contribution in [0.15, 0.2) is 35.3 Å². The molecule has 0 amide bonds. The highest BCUT2D eigenvalue weighted by atomic mass is 79.9. The van der Waals surface area contributed by atoms with E-state index in [0.29, 0.717) is 5.92 Å². The summed E-state index contributed by atoms with van der Waals surface area (Å²) >= 11 is 3.42. The van der Waals surface area contributed by atoms with Crippen molar-refractivity contribution in [1.82, 2.24) is 9.55 Å². The van der Waals surface area contributed by atoms with Crippen LogP contribution in [0.25, 0.3) is 11.0 Å². The Labute approximate surface area is 116 Å². The van der Waals surface area contributed by atoms with Crippen LogP contribution in [0.2, 0.25) is 0 Å². The van der Waals surface area contributed by atoms with Crippen LogP contribution in [0.1, 0.15) is 25.6 Å². The van der Waals surface area contributed by atoms with Gasteiger partial charge in [-0.3, -0.25) is 0 Å². The minimum atomic E-state index is 0. The Kier molecular flexibility index (Phi) is 4.78. The van der Waals surface area contributed by atoms with Gasteiger partial charge in [-0.25, -0.2) is 4.98 Å². The number of halogens is 2. The van der Waals surface area contributed by atoms with Gasteiger partial charge in [0.05, 0.1) is 17.6 Å². The van der Waals surface area contributed by atoms with Crippen molar-refractivity contribution in [3.63, 3.8) is 0 Å². The molecule has 0 unspecified atom stereocenters. The lowest BCUT2D eigenvalue weighted by atomic mass is 10.2. The van der Waals surface area contributed by atoms with Gasteiger partial charge in [0.2, 0.25) is 0 Å². The van der Waals surface area contributed by atoms with Gasteiger partial charge in [-0.15, -0.1) is 0 Å². The molecular weight excluding hydrogens is 300 g/mol. The van der Waals surface area contributed by atoms with Gasteiger partial charge in [0.1, 0.15) is 5.82 Å². The van der Waals surface area contributed by atoms with E-state index in [-0.39, 0.29) is 12.4 Å². The fourth-order valence-electron chi connectivity index (χ4n) is 1.87. The molecule has 2 rings (SSSR count). The molecule has 1 heterocycles. The summed E-state index contributed by atoms with van der Waals surface area (Å²) in [6, 6.07) is 8.22. The first kappa shape index (κ1) is 14.3. The number of fused-ring (bicyclic) bond motifs is 1. The number of nitrogens with zero attached hydrogens (tertiary/aromatic N) is 2. The standard InChI is InChI=1S/C13H15BrN2.ClH/c1-9(2)13-15-11-6-4-5-7-12(11)16(13)8-10(3)14;/h4-7,9H,3,8H2,1-2H3;1H/p-1. The zero-order valence-corrected chi connectivity index (χ0v) is 12.3. The van der Waals surface area contributed by atoms with E-state index in [9.17, 15) is 0 Å². The first-order chi connectivity index (χ1) is 7.59. The molecule has 0 saturated carbocycles. The Morgan fingerprint density at radius 2 is 2.06 bits per heavy atom. The molecular formula is C13H15BrClN2-. The lowest BCUT2D eigenvalue weighted by molar-refractivity contribution is -0.00000334. The Hall–Kier alpha value is -0.800. The minimum absolute atomic E-state index is 0. The fourth-order valence-corrected chi connectivity index (χ4v) is 2.12. The van der Waals surface area contributed by atoms with Crippen LogP contribution in [0.3, 0.4) is 0 Å². The molecule has 0 atom stereocenters. The first-order valence-corrected chi connectivity index (χ1v) is 6.17. The fraction of sp³-hybridized carbons (Fsp3) is 0.308. The number of para-hydroxylation sites is 2. The molecule has 2 nitrogen and oxygen atoms in total. The van der Waals surface area contributed by atoms with Gasteiger partial charge in [-0.2, -0.15) is 0 Å². The van der Waals surface area contributed by atoms with E-state index in [4.69, 9.17) is 0 Å². The monoisotopic (exact) mass is 313 g/mol. The molecule has 1 aromatic carbocycles. The quantitative estimate of drug-likeness (QED) is 0.829. The van der Waals surface area contributed by atoms with Crippen LogP contribution < -0.4 is 12.4 Å². The smallest absolute Gasteiger partial charge is 0.112 e. The molecule has 2 aromatic rings.